The van der Waals surface area contributed by atoms with Gasteiger partial charge >= 0.3 is 5.69 Å². The molecule has 6 heteroatoms. The zero-order valence-electron chi connectivity index (χ0n) is 8.90. The van der Waals surface area contributed by atoms with Gasteiger partial charge in [-0.3, -0.25) is 19.1 Å². The molecular formula is C10H13N3O3. The molecule has 0 spiro atoms. The van der Waals surface area contributed by atoms with E-state index in [0.717, 1.165) is 0 Å². The highest BCUT2D eigenvalue weighted by atomic mass is 16.2. The first-order valence-electron chi connectivity index (χ1n) is 4.77. The van der Waals surface area contributed by atoms with Crippen LogP contribution < -0.4 is 16.6 Å². The fraction of sp³-hybridized carbons (Fsp3) is 0.300. The Balaban J connectivity index is 2.71. The first-order chi connectivity index (χ1) is 7.65. The third-order valence-corrected chi connectivity index (χ3v) is 1.98. The molecule has 0 aliphatic carbocycles. The van der Waals surface area contributed by atoms with Gasteiger partial charge in [0, 0.05) is 24.8 Å². The molecule has 1 aromatic heterocycles. The van der Waals surface area contributed by atoms with Gasteiger partial charge in [0.05, 0.1) is 0 Å². The van der Waals surface area contributed by atoms with E-state index in [1.54, 1.807) is 19.1 Å². The van der Waals surface area contributed by atoms with Crippen LogP contribution >= 0.6 is 0 Å². The fourth-order valence-electron chi connectivity index (χ4n) is 1.14. The van der Waals surface area contributed by atoms with Crippen molar-refractivity contribution in [3.63, 3.8) is 0 Å². The molecule has 6 nitrogen and oxygen atoms in total. The molecule has 0 saturated heterocycles. The first kappa shape index (κ1) is 12.0. The number of aromatic amines is 1. The van der Waals surface area contributed by atoms with Crippen molar-refractivity contribution in [2.45, 2.75) is 13.5 Å². The van der Waals surface area contributed by atoms with Crippen molar-refractivity contribution >= 4 is 6.41 Å². The van der Waals surface area contributed by atoms with E-state index in [0.29, 0.717) is 25.1 Å². The third kappa shape index (κ3) is 3.23. The molecule has 0 fully saturated rings. The van der Waals surface area contributed by atoms with Crippen LogP contribution in [0.4, 0.5) is 0 Å². The number of carbonyl (C=O) groups is 1. The van der Waals surface area contributed by atoms with Crippen LogP contribution in [0.1, 0.15) is 5.56 Å². The summed E-state index contributed by atoms with van der Waals surface area (Å²) in [5.41, 5.74) is -0.324. The summed E-state index contributed by atoms with van der Waals surface area (Å²) in [5, 5.41) is 2.46. The van der Waals surface area contributed by atoms with Crippen LogP contribution in [-0.2, 0) is 11.3 Å². The van der Waals surface area contributed by atoms with Gasteiger partial charge in [0.2, 0.25) is 6.41 Å². The molecule has 1 rings (SSSR count). The van der Waals surface area contributed by atoms with E-state index < -0.39 is 5.69 Å². The minimum absolute atomic E-state index is 0.358. The number of hydrogen-bond acceptors (Lipinski definition) is 3. The largest absolute Gasteiger partial charge is 0.355 e. The molecule has 1 aromatic rings. The Morgan fingerprint density at radius 1 is 1.44 bits per heavy atom. The van der Waals surface area contributed by atoms with Crippen LogP contribution in [0.3, 0.4) is 0 Å². The number of nitrogens with zero attached hydrogens (tertiary/aromatic N) is 1. The van der Waals surface area contributed by atoms with Gasteiger partial charge in [0.1, 0.15) is 0 Å². The SMILES string of the molecule is Cc1cn(C/C=C\CNC=O)c(=O)[nH]c1=O. The van der Waals surface area contributed by atoms with Gasteiger partial charge < -0.3 is 5.32 Å². The fourth-order valence-corrected chi connectivity index (χ4v) is 1.14. The number of nitrogens with one attached hydrogen (secondary N) is 2. The molecule has 0 unspecified atom stereocenters. The van der Waals surface area contributed by atoms with Crippen LogP contribution in [0.15, 0.2) is 27.9 Å². The maximum atomic E-state index is 11.3. The lowest BCUT2D eigenvalue weighted by molar-refractivity contribution is -0.109. The van der Waals surface area contributed by atoms with Crippen LogP contribution in [0, 0.1) is 6.92 Å². The number of carbonyl (C=O) groups excluding carboxylic acids is 1. The Labute approximate surface area is 91.6 Å². The number of rotatable bonds is 5. The minimum atomic E-state index is -0.441. The van der Waals surface area contributed by atoms with Crippen molar-refractivity contribution in [2.24, 2.45) is 0 Å². The third-order valence-electron chi connectivity index (χ3n) is 1.98. The van der Waals surface area contributed by atoms with Crippen molar-refractivity contribution in [3.8, 4) is 0 Å². The molecule has 16 heavy (non-hydrogen) atoms. The number of hydrogen-bond donors (Lipinski definition) is 2. The number of aromatic nitrogens is 2. The number of H-pyrrole nitrogens is 1. The molecule has 0 saturated carbocycles. The van der Waals surface area contributed by atoms with Gasteiger partial charge in [-0.1, -0.05) is 12.2 Å². The van der Waals surface area contributed by atoms with E-state index in [9.17, 15) is 14.4 Å². The van der Waals surface area contributed by atoms with Crippen LogP contribution in [-0.4, -0.2) is 22.5 Å². The second-order valence-corrected chi connectivity index (χ2v) is 3.22. The van der Waals surface area contributed by atoms with E-state index in [1.165, 1.54) is 10.8 Å². The summed E-state index contributed by atoms with van der Waals surface area (Å²) in [4.78, 5) is 34.5. The summed E-state index contributed by atoms with van der Waals surface area (Å²) in [6, 6.07) is 0. The lowest BCUT2D eigenvalue weighted by Crippen LogP contribution is -2.30. The summed E-state index contributed by atoms with van der Waals surface area (Å²) in [5.74, 6) is 0. The highest BCUT2D eigenvalue weighted by molar-refractivity contribution is 5.46. The molecule has 0 aliphatic rings. The second-order valence-electron chi connectivity index (χ2n) is 3.22. The van der Waals surface area contributed by atoms with E-state index in [-0.39, 0.29) is 5.56 Å². The molecule has 1 amide bonds. The van der Waals surface area contributed by atoms with Crippen molar-refractivity contribution in [1.29, 1.82) is 0 Å². The van der Waals surface area contributed by atoms with Crippen LogP contribution in [0.25, 0.3) is 0 Å². The smallest absolute Gasteiger partial charge is 0.328 e. The Morgan fingerprint density at radius 3 is 2.88 bits per heavy atom. The predicted octanol–water partition coefficient (Wildman–Crippen LogP) is -0.853. The van der Waals surface area contributed by atoms with Gasteiger partial charge in [0.25, 0.3) is 5.56 Å². The maximum absolute atomic E-state index is 11.3. The zero-order chi connectivity index (χ0) is 12.0. The van der Waals surface area contributed by atoms with Gasteiger partial charge in [-0.15, -0.1) is 0 Å². The molecule has 2 N–H and O–H groups in total. The van der Waals surface area contributed by atoms with E-state index in [4.69, 9.17) is 0 Å². The molecule has 1 heterocycles. The zero-order valence-corrected chi connectivity index (χ0v) is 8.90. The van der Waals surface area contributed by atoms with Crippen molar-refractivity contribution in [3.05, 3.63) is 44.8 Å². The van der Waals surface area contributed by atoms with Crippen molar-refractivity contribution in [1.82, 2.24) is 14.9 Å². The molecule has 0 aliphatic heterocycles. The molecule has 86 valence electrons. The lowest BCUT2D eigenvalue weighted by Gasteiger charge is -2.01. The van der Waals surface area contributed by atoms with Crippen LogP contribution in [0.2, 0.25) is 0 Å². The minimum Gasteiger partial charge on any atom is -0.355 e. The van der Waals surface area contributed by atoms with Crippen molar-refractivity contribution < 1.29 is 4.79 Å². The molecule has 0 bridgehead atoms. The summed E-state index contributed by atoms with van der Waals surface area (Å²) < 4.78 is 1.38. The number of allylic oxidation sites excluding steroid dienone is 1. The quantitative estimate of drug-likeness (QED) is 0.387. The van der Waals surface area contributed by atoms with E-state index >= 15 is 0 Å². The van der Waals surface area contributed by atoms with E-state index in [2.05, 4.69) is 10.3 Å². The standard InChI is InChI=1S/C10H13N3O3/c1-8-6-13(10(16)12-9(8)15)5-3-2-4-11-7-14/h2-3,6-7H,4-5H2,1H3,(H,11,14)(H,12,15,16)/b3-2-. The summed E-state index contributed by atoms with van der Waals surface area (Å²) >= 11 is 0. The number of aryl methyl sites for hydroxylation is 1. The normalized spacial score (nSPS) is 10.6. The maximum Gasteiger partial charge on any atom is 0.328 e. The first-order valence-corrected chi connectivity index (χ1v) is 4.77. The molecule has 0 atom stereocenters. The summed E-state index contributed by atoms with van der Waals surface area (Å²) in [7, 11) is 0. The predicted molar refractivity (Wildman–Crippen MR) is 59.3 cm³/mol. The molecular weight excluding hydrogens is 210 g/mol. The summed E-state index contributed by atoms with van der Waals surface area (Å²) in [6.45, 7) is 2.41. The topological polar surface area (TPSA) is 84.0 Å². The lowest BCUT2D eigenvalue weighted by atomic mass is 10.4. The average Bonchev–Trinajstić information content (AvgIpc) is 2.25. The van der Waals surface area contributed by atoms with Crippen molar-refractivity contribution in [2.75, 3.05) is 6.54 Å². The van der Waals surface area contributed by atoms with Crippen LogP contribution in [0.5, 0.6) is 0 Å². The molecule has 0 radical (unpaired) electrons. The average molecular weight is 223 g/mol. The van der Waals surface area contributed by atoms with Gasteiger partial charge in [-0.2, -0.15) is 0 Å². The van der Waals surface area contributed by atoms with Gasteiger partial charge in [0.15, 0.2) is 0 Å². The van der Waals surface area contributed by atoms with E-state index in [1.807, 2.05) is 0 Å². The molecule has 0 aromatic carbocycles. The monoisotopic (exact) mass is 223 g/mol. The highest BCUT2D eigenvalue weighted by Crippen LogP contribution is 1.85. The Hall–Kier alpha value is -2.11. The number of amides is 1. The Kier molecular flexibility index (Phi) is 4.26. The Morgan fingerprint density at radius 2 is 2.19 bits per heavy atom. The second kappa shape index (κ2) is 5.69. The highest BCUT2D eigenvalue weighted by Gasteiger charge is 1.97. The Bertz CT molecular complexity index is 499. The summed E-state index contributed by atoms with van der Waals surface area (Å²) in [6.07, 6.45) is 5.55. The van der Waals surface area contributed by atoms with Gasteiger partial charge in [-0.05, 0) is 6.92 Å². The van der Waals surface area contributed by atoms with Gasteiger partial charge in [-0.25, -0.2) is 4.79 Å².